The summed E-state index contributed by atoms with van der Waals surface area (Å²) in [6, 6.07) is 0.0855. The van der Waals surface area contributed by atoms with E-state index < -0.39 is 13.0 Å². The molecule has 0 aliphatic heterocycles. The second kappa shape index (κ2) is 6.81. The monoisotopic (exact) mass is 294 g/mol. The quantitative estimate of drug-likeness (QED) is 0.886. The van der Waals surface area contributed by atoms with Crippen molar-refractivity contribution in [1.29, 1.82) is 0 Å². The summed E-state index contributed by atoms with van der Waals surface area (Å²) in [6.45, 7) is -0.468. The molecule has 1 aromatic heterocycles. The summed E-state index contributed by atoms with van der Waals surface area (Å²) in [5, 5.41) is 6.42. The van der Waals surface area contributed by atoms with E-state index in [1.54, 1.807) is 0 Å². The molecule has 1 saturated carbocycles. The first-order valence-electron chi connectivity index (χ1n) is 5.91. The molecule has 0 saturated heterocycles. The molecule has 1 aliphatic carbocycles. The standard InChI is InChI=1S/C11H16F2N4O.ClH/c12-10(13)6-17-5-9(4-15-17)16-11(18)7-1-2-8(14)3-7;/h4-5,7-8,10H,1-3,6,14H2,(H,16,18);1H. The predicted molar refractivity (Wildman–Crippen MR) is 69.4 cm³/mol. The molecule has 1 heterocycles. The number of nitrogens with zero attached hydrogens (tertiary/aromatic N) is 2. The molecule has 2 unspecified atom stereocenters. The highest BCUT2D eigenvalue weighted by atomic mass is 35.5. The van der Waals surface area contributed by atoms with Gasteiger partial charge in [-0.2, -0.15) is 5.10 Å². The van der Waals surface area contributed by atoms with Crippen LogP contribution in [0.3, 0.4) is 0 Å². The van der Waals surface area contributed by atoms with E-state index in [9.17, 15) is 13.6 Å². The summed E-state index contributed by atoms with van der Waals surface area (Å²) in [6.07, 6.45) is 2.62. The maximum Gasteiger partial charge on any atom is 0.257 e. The van der Waals surface area contributed by atoms with E-state index in [2.05, 4.69) is 10.4 Å². The summed E-state index contributed by atoms with van der Waals surface area (Å²) in [4.78, 5) is 11.8. The maximum absolute atomic E-state index is 12.1. The van der Waals surface area contributed by atoms with Crippen LogP contribution in [0.5, 0.6) is 0 Å². The van der Waals surface area contributed by atoms with E-state index in [1.165, 1.54) is 12.4 Å². The first-order chi connectivity index (χ1) is 8.54. The minimum Gasteiger partial charge on any atom is -0.328 e. The van der Waals surface area contributed by atoms with Crippen molar-refractivity contribution in [2.45, 2.75) is 38.3 Å². The average molecular weight is 295 g/mol. The van der Waals surface area contributed by atoms with Crippen LogP contribution in [0.25, 0.3) is 0 Å². The lowest BCUT2D eigenvalue weighted by Gasteiger charge is -2.08. The normalized spacial score (nSPS) is 22.3. The summed E-state index contributed by atoms with van der Waals surface area (Å²) >= 11 is 0. The number of nitrogens with one attached hydrogen (secondary N) is 1. The van der Waals surface area contributed by atoms with Crippen molar-refractivity contribution in [2.24, 2.45) is 11.7 Å². The number of hydrogen-bond donors (Lipinski definition) is 2. The van der Waals surface area contributed by atoms with Gasteiger partial charge in [0.05, 0.1) is 11.9 Å². The second-order valence-corrected chi connectivity index (χ2v) is 4.60. The highest BCUT2D eigenvalue weighted by Gasteiger charge is 2.27. The fraction of sp³-hybridized carbons (Fsp3) is 0.636. The third-order valence-electron chi connectivity index (χ3n) is 3.07. The predicted octanol–water partition coefficient (Wildman–Crippen LogP) is 1.64. The van der Waals surface area contributed by atoms with Gasteiger partial charge in [-0.3, -0.25) is 9.48 Å². The largest absolute Gasteiger partial charge is 0.328 e. The highest BCUT2D eigenvalue weighted by molar-refractivity contribution is 5.92. The Balaban J connectivity index is 0.00000180. The fourth-order valence-electron chi connectivity index (χ4n) is 2.17. The Bertz CT molecular complexity index is 427. The summed E-state index contributed by atoms with van der Waals surface area (Å²) < 4.78 is 25.3. The lowest BCUT2D eigenvalue weighted by atomic mass is 10.1. The van der Waals surface area contributed by atoms with Gasteiger partial charge in [-0.15, -0.1) is 12.4 Å². The summed E-state index contributed by atoms with van der Waals surface area (Å²) in [5.74, 6) is -0.196. The van der Waals surface area contributed by atoms with Gasteiger partial charge in [0.25, 0.3) is 6.43 Å². The van der Waals surface area contributed by atoms with Crippen LogP contribution in [-0.4, -0.2) is 28.2 Å². The van der Waals surface area contributed by atoms with Gasteiger partial charge in [-0.05, 0) is 19.3 Å². The van der Waals surface area contributed by atoms with Gasteiger partial charge in [0, 0.05) is 18.2 Å². The summed E-state index contributed by atoms with van der Waals surface area (Å²) in [5.41, 5.74) is 6.18. The minimum absolute atomic E-state index is 0. The van der Waals surface area contributed by atoms with Crippen LogP contribution in [0, 0.1) is 5.92 Å². The maximum atomic E-state index is 12.1. The van der Waals surface area contributed by atoms with E-state index in [4.69, 9.17) is 5.73 Å². The fourth-order valence-corrected chi connectivity index (χ4v) is 2.17. The number of hydrogen-bond acceptors (Lipinski definition) is 3. The van der Waals surface area contributed by atoms with Crippen molar-refractivity contribution < 1.29 is 13.6 Å². The van der Waals surface area contributed by atoms with Crippen LogP contribution in [0.4, 0.5) is 14.5 Å². The minimum atomic E-state index is -2.46. The Morgan fingerprint density at radius 1 is 1.58 bits per heavy atom. The van der Waals surface area contributed by atoms with Crippen LogP contribution in [0.15, 0.2) is 12.4 Å². The van der Waals surface area contributed by atoms with E-state index in [0.29, 0.717) is 12.1 Å². The number of carbonyl (C=O) groups excluding carboxylic acids is 1. The first kappa shape index (κ1) is 15.8. The number of halogens is 3. The number of nitrogens with two attached hydrogens (primary N) is 1. The van der Waals surface area contributed by atoms with Gasteiger partial charge in [-0.1, -0.05) is 0 Å². The molecule has 1 fully saturated rings. The average Bonchev–Trinajstić information content (AvgIpc) is 2.87. The number of alkyl halides is 2. The van der Waals surface area contributed by atoms with Crippen molar-refractivity contribution in [3.63, 3.8) is 0 Å². The molecule has 1 aromatic rings. The van der Waals surface area contributed by atoms with Gasteiger partial charge >= 0.3 is 0 Å². The van der Waals surface area contributed by atoms with Crippen LogP contribution in [-0.2, 0) is 11.3 Å². The van der Waals surface area contributed by atoms with Gasteiger partial charge in [0.2, 0.25) is 5.91 Å². The summed E-state index contributed by atoms with van der Waals surface area (Å²) in [7, 11) is 0. The second-order valence-electron chi connectivity index (χ2n) is 4.60. The molecule has 0 aromatic carbocycles. The molecule has 19 heavy (non-hydrogen) atoms. The van der Waals surface area contributed by atoms with E-state index >= 15 is 0 Å². The first-order valence-corrected chi connectivity index (χ1v) is 5.91. The van der Waals surface area contributed by atoms with Gasteiger partial charge in [0.15, 0.2) is 0 Å². The topological polar surface area (TPSA) is 72.9 Å². The van der Waals surface area contributed by atoms with Crippen molar-refractivity contribution in [3.05, 3.63) is 12.4 Å². The molecule has 0 bridgehead atoms. The molecule has 3 N–H and O–H groups in total. The van der Waals surface area contributed by atoms with Crippen molar-refractivity contribution >= 4 is 24.0 Å². The van der Waals surface area contributed by atoms with E-state index in [1.807, 2.05) is 0 Å². The number of carbonyl (C=O) groups is 1. The van der Waals surface area contributed by atoms with Gasteiger partial charge in [-0.25, -0.2) is 8.78 Å². The number of rotatable bonds is 4. The molecule has 2 atom stereocenters. The van der Waals surface area contributed by atoms with Crippen molar-refractivity contribution in [2.75, 3.05) is 5.32 Å². The van der Waals surface area contributed by atoms with Crippen LogP contribution < -0.4 is 11.1 Å². The zero-order chi connectivity index (χ0) is 13.1. The molecular formula is C11H17ClF2N4O. The molecule has 5 nitrogen and oxygen atoms in total. The zero-order valence-corrected chi connectivity index (χ0v) is 11.1. The lowest BCUT2D eigenvalue weighted by Crippen LogP contribution is -2.23. The third kappa shape index (κ3) is 4.43. The van der Waals surface area contributed by atoms with Gasteiger partial charge < -0.3 is 11.1 Å². The number of amides is 1. The Hall–Kier alpha value is -1.21. The van der Waals surface area contributed by atoms with Crippen LogP contribution in [0.1, 0.15) is 19.3 Å². The molecule has 8 heteroatoms. The van der Waals surface area contributed by atoms with Crippen LogP contribution in [0.2, 0.25) is 0 Å². The molecule has 0 radical (unpaired) electrons. The van der Waals surface area contributed by atoms with Crippen molar-refractivity contribution in [1.82, 2.24) is 9.78 Å². The van der Waals surface area contributed by atoms with Crippen LogP contribution >= 0.6 is 12.4 Å². The Kier molecular flexibility index (Phi) is 5.68. The molecule has 1 amide bonds. The van der Waals surface area contributed by atoms with Gasteiger partial charge in [0.1, 0.15) is 6.54 Å². The molecular weight excluding hydrogens is 278 g/mol. The Morgan fingerprint density at radius 2 is 2.32 bits per heavy atom. The third-order valence-corrected chi connectivity index (χ3v) is 3.07. The Morgan fingerprint density at radius 3 is 2.89 bits per heavy atom. The SMILES string of the molecule is Cl.NC1CCC(C(=O)Nc2cnn(CC(F)F)c2)C1. The van der Waals surface area contributed by atoms with E-state index in [-0.39, 0.29) is 30.3 Å². The number of aromatic nitrogens is 2. The zero-order valence-electron chi connectivity index (χ0n) is 10.3. The van der Waals surface area contributed by atoms with E-state index in [0.717, 1.165) is 17.5 Å². The molecule has 2 rings (SSSR count). The Labute approximate surface area is 115 Å². The van der Waals surface area contributed by atoms with Crippen molar-refractivity contribution in [3.8, 4) is 0 Å². The highest BCUT2D eigenvalue weighted by Crippen LogP contribution is 2.25. The number of anilines is 1. The molecule has 1 aliphatic rings. The lowest BCUT2D eigenvalue weighted by molar-refractivity contribution is -0.119. The smallest absolute Gasteiger partial charge is 0.257 e. The molecule has 0 spiro atoms. The molecule has 108 valence electrons.